The van der Waals surface area contributed by atoms with Crippen LogP contribution in [0.25, 0.3) is 0 Å². The molecule has 0 aliphatic carbocycles. The van der Waals surface area contributed by atoms with Crippen molar-refractivity contribution in [2.75, 3.05) is 19.7 Å². The maximum absolute atomic E-state index is 12.4. The molecular formula is C22H25BrN2O3. The third kappa shape index (κ3) is 6.09. The van der Waals surface area contributed by atoms with Gasteiger partial charge in [-0.1, -0.05) is 40.2 Å². The highest BCUT2D eigenvalue weighted by Crippen LogP contribution is 2.18. The van der Waals surface area contributed by atoms with Gasteiger partial charge in [-0.3, -0.25) is 9.59 Å². The Balaban J connectivity index is 1.34. The normalized spacial score (nSPS) is 14.5. The zero-order chi connectivity index (χ0) is 19.8. The molecule has 28 heavy (non-hydrogen) atoms. The van der Waals surface area contributed by atoms with Gasteiger partial charge < -0.3 is 15.0 Å². The van der Waals surface area contributed by atoms with Crippen molar-refractivity contribution >= 4 is 27.7 Å². The number of amides is 2. The van der Waals surface area contributed by atoms with Crippen LogP contribution in [0.1, 0.15) is 36.0 Å². The van der Waals surface area contributed by atoms with E-state index in [4.69, 9.17) is 4.74 Å². The molecule has 148 valence electrons. The average molecular weight is 445 g/mol. The standard InChI is InChI=1S/C22H25BrN2O3/c23-18-8-4-9-20(16-18)28-15-5-10-21(26)25-13-11-19(12-14-25)24-22(27)17-6-2-1-3-7-17/h1-4,6-9,16,19H,5,10-15H2,(H,24,27). The minimum absolute atomic E-state index is 0.0462. The molecule has 1 saturated heterocycles. The fraction of sp³-hybridized carbons (Fsp3) is 0.364. The summed E-state index contributed by atoms with van der Waals surface area (Å²) in [6.07, 6.45) is 2.75. The number of likely N-dealkylation sites (tertiary alicyclic amines) is 1. The molecule has 3 rings (SSSR count). The molecule has 1 heterocycles. The quantitative estimate of drug-likeness (QED) is 0.655. The third-order valence-corrected chi connectivity index (χ3v) is 5.31. The maximum Gasteiger partial charge on any atom is 0.251 e. The third-order valence-electron chi connectivity index (χ3n) is 4.82. The van der Waals surface area contributed by atoms with Crippen molar-refractivity contribution in [2.45, 2.75) is 31.7 Å². The predicted molar refractivity (Wildman–Crippen MR) is 112 cm³/mol. The van der Waals surface area contributed by atoms with Crippen molar-refractivity contribution in [3.8, 4) is 5.75 Å². The Morgan fingerprint density at radius 3 is 2.54 bits per heavy atom. The number of piperidine rings is 1. The molecule has 0 atom stereocenters. The maximum atomic E-state index is 12.4. The number of nitrogens with one attached hydrogen (secondary N) is 1. The van der Waals surface area contributed by atoms with Crippen molar-refractivity contribution in [2.24, 2.45) is 0 Å². The Labute approximate surface area is 174 Å². The van der Waals surface area contributed by atoms with Gasteiger partial charge in [-0.15, -0.1) is 0 Å². The Hall–Kier alpha value is -2.34. The van der Waals surface area contributed by atoms with Crippen LogP contribution in [0.5, 0.6) is 5.75 Å². The molecule has 0 aromatic heterocycles. The van der Waals surface area contributed by atoms with E-state index >= 15 is 0 Å². The molecule has 1 fully saturated rings. The largest absolute Gasteiger partial charge is 0.494 e. The number of carbonyl (C=O) groups is 2. The van der Waals surface area contributed by atoms with E-state index in [1.807, 2.05) is 59.5 Å². The SMILES string of the molecule is O=C(NC1CCN(C(=O)CCCOc2cccc(Br)c2)CC1)c1ccccc1. The number of ether oxygens (including phenoxy) is 1. The number of rotatable bonds is 7. The van der Waals surface area contributed by atoms with Gasteiger partial charge in [-0.2, -0.15) is 0 Å². The van der Waals surface area contributed by atoms with Gasteiger partial charge in [-0.25, -0.2) is 0 Å². The first kappa shape index (κ1) is 20.4. The molecule has 1 aliphatic heterocycles. The first-order valence-electron chi connectivity index (χ1n) is 9.64. The molecule has 6 heteroatoms. The molecule has 1 N–H and O–H groups in total. The summed E-state index contributed by atoms with van der Waals surface area (Å²) in [6, 6.07) is 17.0. The van der Waals surface area contributed by atoms with Crippen molar-refractivity contribution in [1.29, 1.82) is 0 Å². The highest BCUT2D eigenvalue weighted by atomic mass is 79.9. The molecule has 0 spiro atoms. The number of hydrogen-bond acceptors (Lipinski definition) is 3. The van der Waals surface area contributed by atoms with E-state index < -0.39 is 0 Å². The number of benzene rings is 2. The molecule has 0 bridgehead atoms. The lowest BCUT2D eigenvalue weighted by Gasteiger charge is -2.32. The van der Waals surface area contributed by atoms with Crippen molar-refractivity contribution in [3.63, 3.8) is 0 Å². The second-order valence-electron chi connectivity index (χ2n) is 6.90. The van der Waals surface area contributed by atoms with Crippen LogP contribution in [0.3, 0.4) is 0 Å². The zero-order valence-electron chi connectivity index (χ0n) is 15.8. The van der Waals surface area contributed by atoms with Crippen molar-refractivity contribution in [3.05, 3.63) is 64.6 Å². The van der Waals surface area contributed by atoms with Crippen LogP contribution >= 0.6 is 15.9 Å². The van der Waals surface area contributed by atoms with Gasteiger partial charge in [-0.05, 0) is 49.6 Å². The Morgan fingerprint density at radius 2 is 1.82 bits per heavy atom. The topological polar surface area (TPSA) is 58.6 Å². The van der Waals surface area contributed by atoms with E-state index in [0.29, 0.717) is 38.1 Å². The monoisotopic (exact) mass is 444 g/mol. The lowest BCUT2D eigenvalue weighted by Crippen LogP contribution is -2.46. The van der Waals surface area contributed by atoms with Gasteiger partial charge in [0.25, 0.3) is 5.91 Å². The van der Waals surface area contributed by atoms with E-state index in [1.165, 1.54) is 0 Å². The van der Waals surface area contributed by atoms with Crippen molar-refractivity contribution in [1.82, 2.24) is 10.2 Å². The van der Waals surface area contributed by atoms with E-state index in [-0.39, 0.29) is 17.9 Å². The fourth-order valence-electron chi connectivity index (χ4n) is 3.26. The smallest absolute Gasteiger partial charge is 0.251 e. The van der Waals surface area contributed by atoms with E-state index in [0.717, 1.165) is 23.1 Å². The van der Waals surface area contributed by atoms with Crippen LogP contribution in [-0.2, 0) is 4.79 Å². The molecule has 5 nitrogen and oxygen atoms in total. The molecule has 0 unspecified atom stereocenters. The van der Waals surface area contributed by atoms with Gasteiger partial charge in [0.05, 0.1) is 6.61 Å². The number of hydrogen-bond donors (Lipinski definition) is 1. The van der Waals surface area contributed by atoms with E-state index in [2.05, 4.69) is 21.2 Å². The molecule has 1 aliphatic rings. The summed E-state index contributed by atoms with van der Waals surface area (Å²) in [5, 5.41) is 3.07. The first-order chi connectivity index (χ1) is 13.6. The molecule has 0 saturated carbocycles. The van der Waals surface area contributed by atoms with Gasteiger partial charge in [0.15, 0.2) is 0 Å². The lowest BCUT2D eigenvalue weighted by molar-refractivity contribution is -0.132. The summed E-state index contributed by atoms with van der Waals surface area (Å²) in [5.41, 5.74) is 0.673. The highest BCUT2D eigenvalue weighted by Gasteiger charge is 2.23. The second-order valence-corrected chi connectivity index (χ2v) is 7.82. The molecule has 2 aromatic carbocycles. The number of nitrogens with zero attached hydrogens (tertiary/aromatic N) is 1. The summed E-state index contributed by atoms with van der Waals surface area (Å²) in [7, 11) is 0. The van der Waals surface area contributed by atoms with Crippen LogP contribution in [0.2, 0.25) is 0 Å². The number of carbonyl (C=O) groups excluding carboxylic acids is 2. The van der Waals surface area contributed by atoms with Crippen molar-refractivity contribution < 1.29 is 14.3 Å². The summed E-state index contributed by atoms with van der Waals surface area (Å²) >= 11 is 3.41. The van der Waals surface area contributed by atoms with Crippen LogP contribution in [0.4, 0.5) is 0 Å². The van der Waals surface area contributed by atoms with E-state index in [1.54, 1.807) is 0 Å². The highest BCUT2D eigenvalue weighted by molar-refractivity contribution is 9.10. The second kappa shape index (κ2) is 10.3. The predicted octanol–water partition coefficient (Wildman–Crippen LogP) is 4.03. The molecular weight excluding hydrogens is 420 g/mol. The minimum Gasteiger partial charge on any atom is -0.494 e. The summed E-state index contributed by atoms with van der Waals surface area (Å²) in [4.78, 5) is 26.5. The summed E-state index contributed by atoms with van der Waals surface area (Å²) < 4.78 is 6.65. The molecule has 2 amide bonds. The Kier molecular flexibility index (Phi) is 7.48. The van der Waals surface area contributed by atoms with Gasteiger partial charge in [0.2, 0.25) is 5.91 Å². The summed E-state index contributed by atoms with van der Waals surface area (Å²) in [6.45, 7) is 1.89. The zero-order valence-corrected chi connectivity index (χ0v) is 17.4. The minimum atomic E-state index is -0.0462. The van der Waals surface area contributed by atoms with Crippen LogP contribution < -0.4 is 10.1 Å². The molecule has 2 aromatic rings. The number of halogens is 1. The van der Waals surface area contributed by atoms with Crippen LogP contribution in [0.15, 0.2) is 59.1 Å². The van der Waals surface area contributed by atoms with Gasteiger partial charge in [0, 0.05) is 35.6 Å². The summed E-state index contributed by atoms with van der Waals surface area (Å²) in [5.74, 6) is 0.914. The lowest BCUT2D eigenvalue weighted by atomic mass is 10.0. The van der Waals surface area contributed by atoms with Gasteiger partial charge in [0.1, 0.15) is 5.75 Å². The van der Waals surface area contributed by atoms with E-state index in [9.17, 15) is 9.59 Å². The van der Waals surface area contributed by atoms with Gasteiger partial charge >= 0.3 is 0 Å². The first-order valence-corrected chi connectivity index (χ1v) is 10.4. The Bertz CT molecular complexity index is 789. The fourth-order valence-corrected chi connectivity index (χ4v) is 3.64. The average Bonchev–Trinajstić information content (AvgIpc) is 2.72. The molecule has 0 radical (unpaired) electrons. The van der Waals surface area contributed by atoms with Crippen LogP contribution in [0, 0.1) is 0 Å². The van der Waals surface area contributed by atoms with Crippen LogP contribution in [-0.4, -0.2) is 42.5 Å². The Morgan fingerprint density at radius 1 is 1.07 bits per heavy atom.